The van der Waals surface area contributed by atoms with Crippen LogP contribution in [0.25, 0.3) is 0 Å². The van der Waals surface area contributed by atoms with Crippen molar-refractivity contribution in [3.8, 4) is 0 Å². The summed E-state index contributed by atoms with van der Waals surface area (Å²) < 4.78 is 5.58. The van der Waals surface area contributed by atoms with Crippen molar-refractivity contribution >= 4 is 6.41 Å². The minimum absolute atomic E-state index is 0.0371. The predicted molar refractivity (Wildman–Crippen MR) is 43.5 cm³/mol. The monoisotopic (exact) mass is 170 g/mol. The Bertz CT molecular complexity index is 199. The third kappa shape index (κ3) is 0.949. The van der Waals surface area contributed by atoms with E-state index in [-0.39, 0.29) is 11.0 Å². The molecule has 3 N–H and O–H groups in total. The second kappa shape index (κ2) is 2.44. The van der Waals surface area contributed by atoms with Gasteiger partial charge in [-0.3, -0.25) is 4.79 Å². The van der Waals surface area contributed by atoms with Gasteiger partial charge < -0.3 is 15.8 Å². The third-order valence-electron chi connectivity index (χ3n) is 3.01. The van der Waals surface area contributed by atoms with Gasteiger partial charge in [0.1, 0.15) is 0 Å². The molecule has 2 bridgehead atoms. The van der Waals surface area contributed by atoms with Crippen molar-refractivity contribution in [1.29, 1.82) is 0 Å². The van der Waals surface area contributed by atoms with E-state index < -0.39 is 0 Å². The van der Waals surface area contributed by atoms with Crippen LogP contribution in [0.3, 0.4) is 0 Å². The number of hydrogen-bond donors (Lipinski definition) is 2. The molecule has 1 saturated carbocycles. The molecule has 1 aliphatic carbocycles. The topological polar surface area (TPSA) is 64.3 Å². The fraction of sp³-hybridized carbons (Fsp3) is 0.875. The van der Waals surface area contributed by atoms with E-state index in [1.54, 1.807) is 0 Å². The van der Waals surface area contributed by atoms with Gasteiger partial charge in [-0.05, 0) is 12.8 Å². The largest absolute Gasteiger partial charge is 0.373 e. The molecule has 0 radical (unpaired) electrons. The molecule has 4 heteroatoms. The first-order valence-electron chi connectivity index (χ1n) is 4.25. The molecular weight excluding hydrogens is 156 g/mol. The Labute approximate surface area is 71.4 Å². The van der Waals surface area contributed by atoms with Gasteiger partial charge in [0.25, 0.3) is 0 Å². The summed E-state index contributed by atoms with van der Waals surface area (Å²) in [6, 6.07) is 0. The summed E-state index contributed by atoms with van der Waals surface area (Å²) in [5, 5.41) is 2.71. The number of fused-ring (bicyclic) bond motifs is 1. The SMILES string of the molecule is NCC12CC(CNC=O)(CO1)C2. The average molecular weight is 170 g/mol. The number of rotatable bonds is 4. The van der Waals surface area contributed by atoms with Crippen molar-refractivity contribution in [2.24, 2.45) is 11.1 Å². The van der Waals surface area contributed by atoms with Crippen molar-refractivity contribution in [2.45, 2.75) is 18.4 Å². The highest BCUT2D eigenvalue weighted by Gasteiger charge is 2.61. The Hall–Kier alpha value is -0.610. The lowest BCUT2D eigenvalue weighted by Gasteiger charge is -2.43. The summed E-state index contributed by atoms with van der Waals surface area (Å²) in [6.07, 6.45) is 2.77. The third-order valence-corrected chi connectivity index (χ3v) is 3.01. The van der Waals surface area contributed by atoms with E-state index in [1.165, 1.54) is 0 Å². The molecule has 0 atom stereocenters. The average Bonchev–Trinajstić information content (AvgIpc) is 2.55. The summed E-state index contributed by atoms with van der Waals surface area (Å²) in [4.78, 5) is 10.1. The van der Waals surface area contributed by atoms with Gasteiger partial charge in [0.15, 0.2) is 0 Å². The fourth-order valence-electron chi connectivity index (χ4n) is 2.46. The Kier molecular flexibility index (Phi) is 1.63. The molecule has 0 aromatic heterocycles. The maximum absolute atomic E-state index is 10.1. The van der Waals surface area contributed by atoms with Gasteiger partial charge in [0.2, 0.25) is 6.41 Å². The molecule has 4 nitrogen and oxygen atoms in total. The molecule has 1 amide bonds. The van der Waals surface area contributed by atoms with Crippen molar-refractivity contribution in [2.75, 3.05) is 19.7 Å². The van der Waals surface area contributed by atoms with Crippen molar-refractivity contribution in [3.05, 3.63) is 0 Å². The van der Waals surface area contributed by atoms with Crippen molar-refractivity contribution in [3.63, 3.8) is 0 Å². The summed E-state index contributed by atoms with van der Waals surface area (Å²) in [5.41, 5.74) is 5.75. The van der Waals surface area contributed by atoms with Crippen molar-refractivity contribution < 1.29 is 9.53 Å². The van der Waals surface area contributed by atoms with Gasteiger partial charge in [-0.25, -0.2) is 0 Å². The molecule has 0 aromatic carbocycles. The second-order valence-electron chi connectivity index (χ2n) is 4.03. The first-order valence-corrected chi connectivity index (χ1v) is 4.25. The van der Waals surface area contributed by atoms with Gasteiger partial charge in [-0.15, -0.1) is 0 Å². The van der Waals surface area contributed by atoms with Gasteiger partial charge in [0.05, 0.1) is 12.2 Å². The minimum atomic E-state index is -0.0371. The van der Waals surface area contributed by atoms with Crippen LogP contribution in [-0.4, -0.2) is 31.7 Å². The van der Waals surface area contributed by atoms with E-state index in [2.05, 4.69) is 5.32 Å². The Morgan fingerprint density at radius 2 is 2.33 bits per heavy atom. The number of hydrogen-bond acceptors (Lipinski definition) is 3. The number of nitrogens with two attached hydrogens (primary N) is 1. The van der Waals surface area contributed by atoms with Crippen LogP contribution in [0, 0.1) is 5.41 Å². The van der Waals surface area contributed by atoms with Crippen molar-refractivity contribution in [1.82, 2.24) is 5.32 Å². The van der Waals surface area contributed by atoms with Gasteiger partial charge in [0, 0.05) is 18.5 Å². The van der Waals surface area contributed by atoms with Gasteiger partial charge >= 0.3 is 0 Å². The number of carbonyl (C=O) groups is 1. The Morgan fingerprint density at radius 3 is 2.83 bits per heavy atom. The Morgan fingerprint density at radius 1 is 1.58 bits per heavy atom. The molecule has 3 fully saturated rings. The zero-order valence-electron chi connectivity index (χ0n) is 7.01. The van der Waals surface area contributed by atoms with Crippen LogP contribution in [0.15, 0.2) is 0 Å². The molecule has 0 spiro atoms. The molecule has 12 heavy (non-hydrogen) atoms. The number of nitrogens with one attached hydrogen (secondary N) is 1. The van der Waals surface area contributed by atoms with Crippen LogP contribution in [-0.2, 0) is 9.53 Å². The smallest absolute Gasteiger partial charge is 0.207 e. The maximum Gasteiger partial charge on any atom is 0.207 e. The molecule has 2 aliphatic heterocycles. The molecule has 0 aromatic rings. The lowest BCUT2D eigenvalue weighted by molar-refractivity contribution is -0.110. The van der Waals surface area contributed by atoms with Gasteiger partial charge in [-0.2, -0.15) is 0 Å². The fourth-order valence-corrected chi connectivity index (χ4v) is 2.46. The molecule has 3 rings (SSSR count). The lowest BCUT2D eigenvalue weighted by atomic mass is 9.62. The highest BCUT2D eigenvalue weighted by Crippen LogP contribution is 2.56. The van der Waals surface area contributed by atoms with Crippen LogP contribution in [0.2, 0.25) is 0 Å². The lowest BCUT2D eigenvalue weighted by Crippen LogP contribution is -2.52. The normalized spacial score (nSPS) is 43.8. The van der Waals surface area contributed by atoms with E-state index >= 15 is 0 Å². The molecule has 0 unspecified atom stereocenters. The Balaban J connectivity index is 1.91. The van der Waals surface area contributed by atoms with Crippen LogP contribution >= 0.6 is 0 Å². The van der Waals surface area contributed by atoms with Crippen LogP contribution in [0.5, 0.6) is 0 Å². The highest BCUT2D eigenvalue weighted by atomic mass is 16.5. The van der Waals surface area contributed by atoms with E-state index in [0.29, 0.717) is 6.54 Å². The molecule has 2 saturated heterocycles. The van der Waals surface area contributed by atoms with E-state index in [1.807, 2.05) is 0 Å². The number of carbonyl (C=O) groups excluding carboxylic acids is 1. The van der Waals surface area contributed by atoms with E-state index in [9.17, 15) is 4.79 Å². The zero-order valence-corrected chi connectivity index (χ0v) is 7.01. The molecule has 2 heterocycles. The molecule has 68 valence electrons. The van der Waals surface area contributed by atoms with Gasteiger partial charge in [-0.1, -0.05) is 0 Å². The first-order chi connectivity index (χ1) is 5.74. The summed E-state index contributed by atoms with van der Waals surface area (Å²) in [5.74, 6) is 0. The van der Waals surface area contributed by atoms with Crippen LogP contribution in [0.1, 0.15) is 12.8 Å². The number of amides is 1. The molecule has 3 aliphatic rings. The van der Waals surface area contributed by atoms with E-state index in [0.717, 1.165) is 32.4 Å². The highest BCUT2D eigenvalue weighted by molar-refractivity contribution is 5.46. The van der Waals surface area contributed by atoms with E-state index in [4.69, 9.17) is 10.5 Å². The second-order valence-corrected chi connectivity index (χ2v) is 4.03. The van der Waals surface area contributed by atoms with Crippen LogP contribution in [0.4, 0.5) is 0 Å². The molecular formula is C8H14N2O2. The summed E-state index contributed by atoms with van der Waals surface area (Å²) >= 11 is 0. The number of ether oxygens (including phenoxy) is 1. The minimum Gasteiger partial charge on any atom is -0.373 e. The standard InChI is InChI=1S/C8H14N2O2/c9-3-8-1-7(2-8,5-12-8)4-10-6-11/h6H,1-5,9H2,(H,10,11). The zero-order chi connectivity index (χ0) is 8.66. The first kappa shape index (κ1) is 8.01. The van der Waals surface area contributed by atoms with Crippen LogP contribution < -0.4 is 11.1 Å². The summed E-state index contributed by atoms with van der Waals surface area (Å²) in [7, 11) is 0. The predicted octanol–water partition coefficient (Wildman–Crippen LogP) is -0.760. The summed E-state index contributed by atoms with van der Waals surface area (Å²) in [6.45, 7) is 2.10. The quantitative estimate of drug-likeness (QED) is 0.545. The maximum atomic E-state index is 10.1.